The maximum atomic E-state index is 12.3. The van der Waals surface area contributed by atoms with E-state index in [1.165, 1.54) is 4.90 Å². The average molecular weight is 327 g/mol. The molecule has 2 atom stereocenters. The van der Waals surface area contributed by atoms with Crippen molar-refractivity contribution < 1.29 is 19.2 Å². The van der Waals surface area contributed by atoms with Gasteiger partial charge in [-0.15, -0.1) is 0 Å². The van der Waals surface area contributed by atoms with E-state index < -0.39 is 0 Å². The standard InChI is InChI=1S/C15H20ClN3O3/c1-11(14(20)19-8-7-17-15(19)21)18(2)9-10-22-13-5-3-12(16)4-6-13/h3-6,11H,7-10H2,1-2H3,(H,17,21)/p+1/t11-/m1/s1. The van der Waals surface area contributed by atoms with E-state index in [1.807, 2.05) is 14.0 Å². The lowest BCUT2D eigenvalue weighted by molar-refractivity contribution is -0.894. The number of urea groups is 1. The van der Waals surface area contributed by atoms with E-state index in [0.717, 1.165) is 10.6 Å². The van der Waals surface area contributed by atoms with Crippen LogP contribution < -0.4 is 15.0 Å². The fraction of sp³-hybridized carbons (Fsp3) is 0.467. The van der Waals surface area contributed by atoms with E-state index in [1.54, 1.807) is 24.3 Å². The van der Waals surface area contributed by atoms with Crippen LogP contribution in [0.5, 0.6) is 5.75 Å². The van der Waals surface area contributed by atoms with Crippen LogP contribution in [0.1, 0.15) is 6.92 Å². The van der Waals surface area contributed by atoms with Crippen molar-refractivity contribution in [2.45, 2.75) is 13.0 Å². The van der Waals surface area contributed by atoms with Crippen molar-refractivity contribution in [3.05, 3.63) is 29.3 Å². The van der Waals surface area contributed by atoms with Gasteiger partial charge in [0, 0.05) is 18.1 Å². The maximum absolute atomic E-state index is 12.3. The lowest BCUT2D eigenvalue weighted by Gasteiger charge is -2.23. The maximum Gasteiger partial charge on any atom is 0.324 e. The Kier molecular flexibility index (Phi) is 5.63. The fourth-order valence-corrected chi connectivity index (χ4v) is 2.33. The summed E-state index contributed by atoms with van der Waals surface area (Å²) in [5.74, 6) is 0.592. The van der Waals surface area contributed by atoms with Crippen molar-refractivity contribution in [2.75, 3.05) is 33.3 Å². The summed E-state index contributed by atoms with van der Waals surface area (Å²) >= 11 is 5.81. The van der Waals surface area contributed by atoms with Crippen LogP contribution >= 0.6 is 11.6 Å². The minimum Gasteiger partial charge on any atom is -0.488 e. The highest BCUT2D eigenvalue weighted by Crippen LogP contribution is 2.14. The molecule has 1 fully saturated rings. The highest BCUT2D eigenvalue weighted by atomic mass is 35.5. The summed E-state index contributed by atoms with van der Waals surface area (Å²) in [5.41, 5.74) is 0. The van der Waals surface area contributed by atoms with Gasteiger partial charge in [-0.25, -0.2) is 4.79 Å². The first kappa shape index (κ1) is 16.6. The molecule has 1 aromatic carbocycles. The van der Waals surface area contributed by atoms with E-state index in [4.69, 9.17) is 16.3 Å². The quantitative estimate of drug-likeness (QED) is 0.783. The molecular formula is C15H21ClN3O3+. The molecule has 1 saturated heterocycles. The van der Waals surface area contributed by atoms with Crippen LogP contribution in [0.3, 0.4) is 0 Å². The molecule has 1 aromatic rings. The van der Waals surface area contributed by atoms with Crippen LogP contribution in [-0.4, -0.2) is 56.2 Å². The highest BCUT2D eigenvalue weighted by Gasteiger charge is 2.33. The van der Waals surface area contributed by atoms with Gasteiger partial charge in [0.25, 0.3) is 5.91 Å². The average Bonchev–Trinajstić information content (AvgIpc) is 2.93. The number of benzene rings is 1. The van der Waals surface area contributed by atoms with Crippen molar-refractivity contribution >= 4 is 23.5 Å². The first-order chi connectivity index (χ1) is 10.5. The van der Waals surface area contributed by atoms with Crippen LogP contribution in [0, 0.1) is 0 Å². The lowest BCUT2D eigenvalue weighted by atomic mass is 10.2. The Morgan fingerprint density at radius 1 is 1.45 bits per heavy atom. The van der Waals surface area contributed by atoms with E-state index in [0.29, 0.717) is 31.3 Å². The number of imide groups is 1. The third kappa shape index (κ3) is 4.11. The molecule has 0 aromatic heterocycles. The van der Waals surface area contributed by atoms with Gasteiger partial charge in [0.1, 0.15) is 18.9 Å². The summed E-state index contributed by atoms with van der Waals surface area (Å²) in [6.07, 6.45) is 0. The van der Waals surface area contributed by atoms with Gasteiger partial charge in [-0.05, 0) is 31.2 Å². The Labute approximate surface area is 135 Å². The molecule has 1 aliphatic rings. The SMILES string of the molecule is C[C@H](C(=O)N1CCNC1=O)[NH+](C)CCOc1ccc(Cl)cc1. The molecule has 3 amide bonds. The summed E-state index contributed by atoms with van der Waals surface area (Å²) in [5, 5.41) is 3.30. The predicted molar refractivity (Wildman–Crippen MR) is 83.3 cm³/mol. The number of amides is 3. The number of rotatable bonds is 6. The summed E-state index contributed by atoms with van der Waals surface area (Å²) in [7, 11) is 1.92. The molecule has 7 heteroatoms. The summed E-state index contributed by atoms with van der Waals surface area (Å²) in [6, 6.07) is 6.55. The van der Waals surface area contributed by atoms with Crippen LogP contribution in [0.2, 0.25) is 5.02 Å². The number of hydrogen-bond acceptors (Lipinski definition) is 3. The number of likely N-dealkylation sites (N-methyl/N-ethyl adjacent to an activating group) is 1. The zero-order valence-electron chi connectivity index (χ0n) is 12.8. The third-order valence-electron chi connectivity index (χ3n) is 3.81. The zero-order chi connectivity index (χ0) is 16.1. The first-order valence-electron chi connectivity index (χ1n) is 7.29. The Bertz CT molecular complexity index is 535. The van der Waals surface area contributed by atoms with E-state index in [-0.39, 0.29) is 18.0 Å². The Hall–Kier alpha value is -1.79. The van der Waals surface area contributed by atoms with Gasteiger partial charge in [0.05, 0.1) is 7.05 Å². The number of ether oxygens (including phenoxy) is 1. The number of carbonyl (C=O) groups excluding carboxylic acids is 2. The summed E-state index contributed by atoms with van der Waals surface area (Å²) < 4.78 is 5.62. The van der Waals surface area contributed by atoms with E-state index in [9.17, 15) is 9.59 Å². The van der Waals surface area contributed by atoms with E-state index in [2.05, 4.69) is 5.32 Å². The number of hydrogen-bond donors (Lipinski definition) is 2. The molecule has 0 spiro atoms. The highest BCUT2D eigenvalue weighted by molar-refractivity contribution is 6.30. The zero-order valence-corrected chi connectivity index (χ0v) is 13.5. The predicted octanol–water partition coefficient (Wildman–Crippen LogP) is 0.174. The monoisotopic (exact) mass is 326 g/mol. The second-order valence-electron chi connectivity index (χ2n) is 5.34. The van der Waals surface area contributed by atoms with Gasteiger partial charge < -0.3 is 15.0 Å². The fourth-order valence-electron chi connectivity index (χ4n) is 2.20. The van der Waals surface area contributed by atoms with Crippen molar-refractivity contribution in [2.24, 2.45) is 0 Å². The topological polar surface area (TPSA) is 63.1 Å². The minimum atomic E-state index is -0.304. The molecule has 0 bridgehead atoms. The van der Waals surface area contributed by atoms with Crippen LogP contribution in [-0.2, 0) is 4.79 Å². The van der Waals surface area contributed by atoms with Crippen molar-refractivity contribution in [3.8, 4) is 5.75 Å². The molecule has 2 rings (SSSR count). The first-order valence-corrected chi connectivity index (χ1v) is 7.66. The number of quaternary nitrogens is 1. The minimum absolute atomic E-state index is 0.154. The molecule has 0 radical (unpaired) electrons. The third-order valence-corrected chi connectivity index (χ3v) is 4.06. The normalized spacial score (nSPS) is 17.0. The Balaban J connectivity index is 1.78. The van der Waals surface area contributed by atoms with Crippen molar-refractivity contribution in [3.63, 3.8) is 0 Å². The largest absolute Gasteiger partial charge is 0.488 e. The molecule has 2 N–H and O–H groups in total. The molecule has 1 heterocycles. The van der Waals surface area contributed by atoms with Gasteiger partial charge in [-0.2, -0.15) is 0 Å². The number of nitrogens with zero attached hydrogens (tertiary/aromatic N) is 1. The van der Waals surface area contributed by atoms with Gasteiger partial charge in [0.2, 0.25) is 0 Å². The number of nitrogens with one attached hydrogen (secondary N) is 2. The van der Waals surface area contributed by atoms with Crippen molar-refractivity contribution in [1.82, 2.24) is 10.2 Å². The Morgan fingerprint density at radius 3 is 2.73 bits per heavy atom. The summed E-state index contributed by atoms with van der Waals surface area (Å²) in [4.78, 5) is 26.0. The second-order valence-corrected chi connectivity index (χ2v) is 5.78. The van der Waals surface area contributed by atoms with Gasteiger partial charge in [0.15, 0.2) is 6.04 Å². The van der Waals surface area contributed by atoms with Gasteiger partial charge >= 0.3 is 6.03 Å². The molecule has 22 heavy (non-hydrogen) atoms. The lowest BCUT2D eigenvalue weighted by Crippen LogP contribution is -3.14. The van der Waals surface area contributed by atoms with Crippen LogP contribution in [0.15, 0.2) is 24.3 Å². The molecular weight excluding hydrogens is 306 g/mol. The van der Waals surface area contributed by atoms with Gasteiger partial charge in [-0.1, -0.05) is 11.6 Å². The Morgan fingerprint density at radius 2 is 2.14 bits per heavy atom. The molecule has 1 aliphatic heterocycles. The molecule has 0 aliphatic carbocycles. The molecule has 1 unspecified atom stereocenters. The van der Waals surface area contributed by atoms with Gasteiger partial charge in [-0.3, -0.25) is 9.69 Å². The molecule has 120 valence electrons. The van der Waals surface area contributed by atoms with Crippen molar-refractivity contribution in [1.29, 1.82) is 0 Å². The molecule has 0 saturated carbocycles. The van der Waals surface area contributed by atoms with Crippen LogP contribution in [0.4, 0.5) is 4.79 Å². The summed E-state index contributed by atoms with van der Waals surface area (Å²) in [6.45, 7) is 3.93. The number of halogens is 1. The number of carbonyl (C=O) groups is 2. The van der Waals surface area contributed by atoms with E-state index >= 15 is 0 Å². The smallest absolute Gasteiger partial charge is 0.324 e. The second kappa shape index (κ2) is 7.47. The molecule has 6 nitrogen and oxygen atoms in total. The van der Waals surface area contributed by atoms with Crippen LogP contribution in [0.25, 0.3) is 0 Å².